The van der Waals surface area contributed by atoms with Crippen LogP contribution in [-0.2, 0) is 4.79 Å². The number of nitrogens with one attached hydrogen (secondary N) is 1. The Kier molecular flexibility index (Phi) is 4.70. The van der Waals surface area contributed by atoms with E-state index in [9.17, 15) is 4.79 Å². The number of amides is 1. The zero-order chi connectivity index (χ0) is 12.8. The van der Waals surface area contributed by atoms with Gasteiger partial charge in [0.2, 0.25) is 5.91 Å². The topological polar surface area (TPSA) is 29.1 Å². The highest BCUT2D eigenvalue weighted by molar-refractivity contribution is 5.92. The van der Waals surface area contributed by atoms with Gasteiger partial charge in [0.25, 0.3) is 0 Å². The molecule has 0 heterocycles. The molecule has 2 nitrogen and oxygen atoms in total. The van der Waals surface area contributed by atoms with Crippen LogP contribution in [0.5, 0.6) is 0 Å². The van der Waals surface area contributed by atoms with Crippen molar-refractivity contribution < 1.29 is 4.79 Å². The maximum absolute atomic E-state index is 11.5. The van der Waals surface area contributed by atoms with Crippen molar-refractivity contribution in [1.82, 2.24) is 5.32 Å². The lowest BCUT2D eigenvalue weighted by Crippen LogP contribution is -2.22. The number of hydrogen-bond donors (Lipinski definition) is 1. The highest BCUT2D eigenvalue weighted by atomic mass is 16.1. The number of rotatable bonds is 4. The van der Waals surface area contributed by atoms with Gasteiger partial charge in [-0.2, -0.15) is 0 Å². The van der Waals surface area contributed by atoms with Crippen molar-refractivity contribution in [3.05, 3.63) is 53.1 Å². The molecule has 0 spiro atoms. The molecule has 0 saturated carbocycles. The van der Waals surface area contributed by atoms with E-state index in [-0.39, 0.29) is 5.91 Å². The third kappa shape index (κ3) is 4.68. The molecule has 1 N–H and O–H groups in total. The summed E-state index contributed by atoms with van der Waals surface area (Å²) in [5.41, 5.74) is 4.42. The first kappa shape index (κ1) is 13.2. The van der Waals surface area contributed by atoms with Crippen molar-refractivity contribution in [2.24, 2.45) is 0 Å². The van der Waals surface area contributed by atoms with E-state index in [2.05, 4.69) is 24.9 Å². The van der Waals surface area contributed by atoms with Crippen LogP contribution in [0.15, 0.2) is 36.4 Å². The third-order valence-electron chi connectivity index (χ3n) is 2.40. The highest BCUT2D eigenvalue weighted by Gasteiger charge is 1.97. The van der Waals surface area contributed by atoms with Gasteiger partial charge in [-0.25, -0.2) is 0 Å². The van der Waals surface area contributed by atoms with Crippen molar-refractivity contribution in [2.75, 3.05) is 6.54 Å². The largest absolute Gasteiger partial charge is 0.349 e. The summed E-state index contributed by atoms with van der Waals surface area (Å²) in [7, 11) is 0. The molecule has 0 aliphatic carbocycles. The normalized spacial score (nSPS) is 10.5. The Morgan fingerprint density at radius 2 is 2.12 bits per heavy atom. The molecule has 0 fully saturated rings. The Labute approximate surface area is 103 Å². The maximum Gasteiger partial charge on any atom is 0.244 e. The zero-order valence-electron chi connectivity index (χ0n) is 10.7. The number of carbonyl (C=O) groups is 1. The Hall–Kier alpha value is -1.83. The van der Waals surface area contributed by atoms with E-state index in [0.29, 0.717) is 6.54 Å². The van der Waals surface area contributed by atoms with Crippen LogP contribution in [0.25, 0.3) is 6.08 Å². The predicted octanol–water partition coefficient (Wildman–Crippen LogP) is 3.01. The van der Waals surface area contributed by atoms with Crippen LogP contribution in [0.3, 0.4) is 0 Å². The van der Waals surface area contributed by atoms with Gasteiger partial charge in [-0.1, -0.05) is 35.9 Å². The molecular formula is C15H19NO. The molecule has 2 heteroatoms. The lowest BCUT2D eigenvalue weighted by Gasteiger charge is -2.02. The summed E-state index contributed by atoms with van der Waals surface area (Å²) < 4.78 is 0. The number of aryl methyl sites for hydroxylation is 2. The second kappa shape index (κ2) is 6.04. The van der Waals surface area contributed by atoms with Crippen molar-refractivity contribution in [1.29, 1.82) is 0 Å². The minimum Gasteiger partial charge on any atom is -0.349 e. The van der Waals surface area contributed by atoms with Crippen LogP contribution in [0.1, 0.15) is 23.6 Å². The number of carbonyl (C=O) groups excluding carboxylic acids is 1. The van der Waals surface area contributed by atoms with Gasteiger partial charge in [-0.3, -0.25) is 4.79 Å². The summed E-state index contributed by atoms with van der Waals surface area (Å²) in [4.78, 5) is 11.5. The molecule has 0 radical (unpaired) electrons. The van der Waals surface area contributed by atoms with Gasteiger partial charge in [0.1, 0.15) is 0 Å². The molecule has 17 heavy (non-hydrogen) atoms. The van der Waals surface area contributed by atoms with E-state index in [4.69, 9.17) is 0 Å². The van der Waals surface area contributed by atoms with Gasteiger partial charge >= 0.3 is 0 Å². The smallest absolute Gasteiger partial charge is 0.244 e. The van der Waals surface area contributed by atoms with Crippen LogP contribution >= 0.6 is 0 Å². The monoisotopic (exact) mass is 229 g/mol. The summed E-state index contributed by atoms with van der Waals surface area (Å²) in [6.45, 7) is 10.2. The Bertz CT molecular complexity index is 458. The summed E-state index contributed by atoms with van der Waals surface area (Å²) in [5, 5.41) is 2.76. The molecular weight excluding hydrogens is 210 g/mol. The molecule has 1 rings (SSSR count). The van der Waals surface area contributed by atoms with Gasteiger partial charge in [0, 0.05) is 12.6 Å². The average molecular weight is 229 g/mol. The molecule has 0 atom stereocenters. The Morgan fingerprint density at radius 3 is 2.71 bits per heavy atom. The van der Waals surface area contributed by atoms with Crippen LogP contribution in [-0.4, -0.2) is 12.5 Å². The number of benzene rings is 1. The fourth-order valence-corrected chi connectivity index (χ4v) is 1.48. The molecule has 0 aliphatic rings. The lowest BCUT2D eigenvalue weighted by molar-refractivity contribution is -0.116. The van der Waals surface area contributed by atoms with E-state index in [1.54, 1.807) is 6.08 Å². The molecule has 90 valence electrons. The second-order valence-corrected chi connectivity index (χ2v) is 4.37. The average Bonchev–Trinajstić information content (AvgIpc) is 2.25. The minimum atomic E-state index is -0.0898. The predicted molar refractivity (Wildman–Crippen MR) is 72.8 cm³/mol. The van der Waals surface area contributed by atoms with Crippen LogP contribution in [0.2, 0.25) is 0 Å². The summed E-state index contributed by atoms with van der Waals surface area (Å²) in [6.07, 6.45) is 3.39. The van der Waals surface area contributed by atoms with E-state index in [0.717, 1.165) is 11.1 Å². The quantitative estimate of drug-likeness (QED) is 0.624. The summed E-state index contributed by atoms with van der Waals surface area (Å²) >= 11 is 0. The fraction of sp³-hybridized carbons (Fsp3) is 0.267. The minimum absolute atomic E-state index is 0.0898. The van der Waals surface area contributed by atoms with Gasteiger partial charge in [0.15, 0.2) is 0 Å². The van der Waals surface area contributed by atoms with E-state index in [1.807, 2.05) is 32.1 Å². The van der Waals surface area contributed by atoms with Crippen LogP contribution in [0.4, 0.5) is 0 Å². The van der Waals surface area contributed by atoms with Crippen LogP contribution in [0, 0.1) is 13.8 Å². The first-order chi connectivity index (χ1) is 7.99. The molecule has 0 aromatic heterocycles. The van der Waals surface area contributed by atoms with E-state index in [1.165, 1.54) is 11.1 Å². The van der Waals surface area contributed by atoms with E-state index < -0.39 is 0 Å². The van der Waals surface area contributed by atoms with Crippen molar-refractivity contribution in [2.45, 2.75) is 20.8 Å². The van der Waals surface area contributed by atoms with Crippen molar-refractivity contribution in [3.8, 4) is 0 Å². The first-order valence-corrected chi connectivity index (χ1v) is 5.66. The Balaban J connectivity index is 2.64. The fourth-order valence-electron chi connectivity index (χ4n) is 1.48. The molecule has 1 amide bonds. The molecule has 0 unspecified atom stereocenters. The zero-order valence-corrected chi connectivity index (χ0v) is 10.7. The molecule has 1 aromatic carbocycles. The molecule has 0 saturated heterocycles. The molecule has 0 aliphatic heterocycles. The number of hydrogen-bond acceptors (Lipinski definition) is 1. The first-order valence-electron chi connectivity index (χ1n) is 5.66. The van der Waals surface area contributed by atoms with Gasteiger partial charge in [0.05, 0.1) is 0 Å². The Morgan fingerprint density at radius 1 is 1.41 bits per heavy atom. The summed E-state index contributed by atoms with van der Waals surface area (Å²) in [5.74, 6) is -0.0898. The highest BCUT2D eigenvalue weighted by Crippen LogP contribution is 2.11. The lowest BCUT2D eigenvalue weighted by atomic mass is 10.1. The standard InChI is InChI=1S/C15H19NO/c1-11(2)10-16-15(17)8-7-14-6-5-12(3)9-13(14)4/h5-9H,1,10H2,2-4H3,(H,16,17)/b8-7+. The SMILES string of the molecule is C=C(C)CNC(=O)/C=C/c1ccc(C)cc1C. The van der Waals surface area contributed by atoms with Gasteiger partial charge in [-0.05, 0) is 38.0 Å². The summed E-state index contributed by atoms with van der Waals surface area (Å²) in [6, 6.07) is 6.16. The van der Waals surface area contributed by atoms with Gasteiger partial charge < -0.3 is 5.32 Å². The van der Waals surface area contributed by atoms with Crippen LogP contribution < -0.4 is 5.32 Å². The van der Waals surface area contributed by atoms with Crippen molar-refractivity contribution in [3.63, 3.8) is 0 Å². The van der Waals surface area contributed by atoms with Crippen molar-refractivity contribution >= 4 is 12.0 Å². The molecule has 1 aromatic rings. The third-order valence-corrected chi connectivity index (χ3v) is 2.40. The second-order valence-electron chi connectivity index (χ2n) is 4.37. The van der Waals surface area contributed by atoms with Gasteiger partial charge in [-0.15, -0.1) is 0 Å². The molecule has 0 bridgehead atoms. The van der Waals surface area contributed by atoms with E-state index >= 15 is 0 Å². The maximum atomic E-state index is 11.5.